The maximum absolute atomic E-state index is 13.2. The van der Waals surface area contributed by atoms with Crippen LogP contribution in [0.1, 0.15) is 18.9 Å². The second-order valence-electron chi connectivity index (χ2n) is 5.25. The Balaban J connectivity index is 2.78. The zero-order chi connectivity index (χ0) is 18.3. The number of ether oxygens (including phenoxy) is 2. The van der Waals surface area contributed by atoms with Crippen molar-refractivity contribution >= 4 is 17.8 Å². The number of halogens is 2. The number of esters is 2. The summed E-state index contributed by atoms with van der Waals surface area (Å²) in [5, 5.41) is 2.44. The minimum absolute atomic E-state index is 0.0955. The second kappa shape index (κ2) is 8.95. The molecule has 8 heteroatoms. The molecule has 0 heterocycles. The SMILES string of the molecule is COC(=O)C[C@H](C)[C@H](NC(=O)Cc1ccc(F)c(F)c1)C(=O)OC. The summed E-state index contributed by atoms with van der Waals surface area (Å²) in [5.74, 6) is -4.50. The van der Waals surface area contributed by atoms with Crippen LogP contribution < -0.4 is 5.32 Å². The lowest BCUT2D eigenvalue weighted by Gasteiger charge is -2.22. The van der Waals surface area contributed by atoms with E-state index in [0.29, 0.717) is 0 Å². The van der Waals surface area contributed by atoms with Crippen LogP contribution in [-0.4, -0.2) is 38.1 Å². The first-order chi connectivity index (χ1) is 11.3. The Morgan fingerprint density at radius 3 is 2.33 bits per heavy atom. The van der Waals surface area contributed by atoms with E-state index in [-0.39, 0.29) is 18.4 Å². The normalized spacial score (nSPS) is 12.9. The number of benzene rings is 1. The number of methoxy groups -OCH3 is 2. The van der Waals surface area contributed by atoms with Gasteiger partial charge in [-0.3, -0.25) is 9.59 Å². The smallest absolute Gasteiger partial charge is 0.328 e. The van der Waals surface area contributed by atoms with Gasteiger partial charge in [-0.25, -0.2) is 13.6 Å². The van der Waals surface area contributed by atoms with E-state index in [1.54, 1.807) is 6.92 Å². The van der Waals surface area contributed by atoms with Crippen molar-refractivity contribution < 1.29 is 32.6 Å². The molecule has 2 atom stereocenters. The number of hydrogen-bond acceptors (Lipinski definition) is 5. The second-order valence-corrected chi connectivity index (χ2v) is 5.25. The van der Waals surface area contributed by atoms with Gasteiger partial charge in [-0.15, -0.1) is 0 Å². The van der Waals surface area contributed by atoms with Gasteiger partial charge in [-0.05, 0) is 23.6 Å². The molecule has 1 amide bonds. The van der Waals surface area contributed by atoms with E-state index in [0.717, 1.165) is 19.2 Å². The quantitative estimate of drug-likeness (QED) is 0.756. The minimum Gasteiger partial charge on any atom is -0.469 e. The molecule has 0 spiro atoms. The van der Waals surface area contributed by atoms with Crippen molar-refractivity contribution in [2.75, 3.05) is 14.2 Å². The van der Waals surface area contributed by atoms with Crippen LogP contribution in [0.5, 0.6) is 0 Å². The topological polar surface area (TPSA) is 81.7 Å². The molecule has 0 aliphatic heterocycles. The summed E-state index contributed by atoms with van der Waals surface area (Å²) in [6.45, 7) is 1.58. The highest BCUT2D eigenvalue weighted by atomic mass is 19.2. The Bertz CT molecular complexity index is 620. The average molecular weight is 343 g/mol. The summed E-state index contributed by atoms with van der Waals surface area (Å²) in [5.41, 5.74) is 0.246. The third kappa shape index (κ3) is 5.60. The maximum Gasteiger partial charge on any atom is 0.328 e. The van der Waals surface area contributed by atoms with Gasteiger partial charge in [-0.1, -0.05) is 13.0 Å². The van der Waals surface area contributed by atoms with Gasteiger partial charge in [0.05, 0.1) is 27.1 Å². The van der Waals surface area contributed by atoms with E-state index in [2.05, 4.69) is 14.8 Å². The van der Waals surface area contributed by atoms with Crippen LogP contribution >= 0.6 is 0 Å². The Kier molecular flexibility index (Phi) is 7.29. The van der Waals surface area contributed by atoms with Gasteiger partial charge in [0, 0.05) is 0 Å². The molecule has 0 aromatic heterocycles. The van der Waals surface area contributed by atoms with Gasteiger partial charge in [0.15, 0.2) is 11.6 Å². The van der Waals surface area contributed by atoms with Crippen LogP contribution in [0.2, 0.25) is 0 Å². The van der Waals surface area contributed by atoms with Gasteiger partial charge >= 0.3 is 11.9 Å². The van der Waals surface area contributed by atoms with E-state index < -0.39 is 41.4 Å². The Hall–Kier alpha value is -2.51. The number of amides is 1. The highest BCUT2D eigenvalue weighted by Crippen LogP contribution is 2.13. The molecule has 0 fully saturated rings. The van der Waals surface area contributed by atoms with Crippen molar-refractivity contribution in [1.29, 1.82) is 0 Å². The van der Waals surface area contributed by atoms with Gasteiger partial charge in [0.2, 0.25) is 5.91 Å². The molecular weight excluding hydrogens is 324 g/mol. The molecule has 0 bridgehead atoms. The summed E-state index contributed by atoms with van der Waals surface area (Å²) in [7, 11) is 2.37. The van der Waals surface area contributed by atoms with Crippen LogP contribution in [0.15, 0.2) is 18.2 Å². The Morgan fingerprint density at radius 1 is 1.12 bits per heavy atom. The standard InChI is InChI=1S/C16H19F2NO5/c1-9(6-14(21)23-2)15(16(22)24-3)19-13(20)8-10-4-5-11(17)12(18)7-10/h4-5,7,9,15H,6,8H2,1-3H3,(H,19,20)/t9-,15-/m0/s1. The number of hydrogen-bond donors (Lipinski definition) is 1. The molecule has 6 nitrogen and oxygen atoms in total. The summed E-state index contributed by atoms with van der Waals surface area (Å²) in [6, 6.07) is 2.02. The van der Waals surface area contributed by atoms with Crippen molar-refractivity contribution in [2.24, 2.45) is 5.92 Å². The molecule has 0 saturated heterocycles. The van der Waals surface area contributed by atoms with Crippen LogP contribution in [-0.2, 0) is 30.3 Å². The zero-order valence-corrected chi connectivity index (χ0v) is 13.6. The van der Waals surface area contributed by atoms with Crippen LogP contribution in [0.3, 0.4) is 0 Å². The number of carbonyl (C=O) groups is 3. The van der Waals surface area contributed by atoms with E-state index >= 15 is 0 Å². The average Bonchev–Trinajstić information content (AvgIpc) is 2.55. The van der Waals surface area contributed by atoms with E-state index in [1.807, 2.05) is 0 Å². The predicted octanol–water partition coefficient (Wildman–Crippen LogP) is 1.36. The van der Waals surface area contributed by atoms with Crippen molar-refractivity contribution in [3.8, 4) is 0 Å². The van der Waals surface area contributed by atoms with Gasteiger partial charge < -0.3 is 14.8 Å². The molecule has 1 rings (SSSR count). The molecule has 1 aromatic carbocycles. The lowest BCUT2D eigenvalue weighted by Crippen LogP contribution is -2.47. The fraction of sp³-hybridized carbons (Fsp3) is 0.438. The highest BCUT2D eigenvalue weighted by molar-refractivity contribution is 5.86. The lowest BCUT2D eigenvalue weighted by atomic mass is 9.98. The van der Waals surface area contributed by atoms with Crippen molar-refractivity contribution in [2.45, 2.75) is 25.8 Å². The Labute approximate surface area is 138 Å². The highest BCUT2D eigenvalue weighted by Gasteiger charge is 2.29. The van der Waals surface area contributed by atoms with Crippen LogP contribution in [0.4, 0.5) is 8.78 Å². The largest absolute Gasteiger partial charge is 0.469 e. The first kappa shape index (κ1) is 19.5. The fourth-order valence-corrected chi connectivity index (χ4v) is 2.08. The summed E-state index contributed by atoms with van der Waals surface area (Å²) in [4.78, 5) is 35.2. The van der Waals surface area contributed by atoms with Crippen molar-refractivity contribution in [1.82, 2.24) is 5.32 Å². The third-order valence-corrected chi connectivity index (χ3v) is 3.41. The molecular formula is C16H19F2NO5. The molecule has 0 saturated carbocycles. The van der Waals surface area contributed by atoms with Crippen molar-refractivity contribution in [3.05, 3.63) is 35.4 Å². The van der Waals surface area contributed by atoms with Gasteiger partial charge in [-0.2, -0.15) is 0 Å². The molecule has 0 radical (unpaired) electrons. The number of rotatable bonds is 7. The summed E-state index contributed by atoms with van der Waals surface area (Å²) >= 11 is 0. The number of nitrogens with one attached hydrogen (secondary N) is 1. The fourth-order valence-electron chi connectivity index (χ4n) is 2.08. The molecule has 24 heavy (non-hydrogen) atoms. The number of carbonyl (C=O) groups excluding carboxylic acids is 3. The molecule has 132 valence electrons. The first-order valence-electron chi connectivity index (χ1n) is 7.16. The minimum atomic E-state index is -1.07. The summed E-state index contributed by atoms with van der Waals surface area (Å²) < 4.78 is 35.2. The molecule has 0 unspecified atom stereocenters. The van der Waals surface area contributed by atoms with E-state index in [4.69, 9.17) is 0 Å². The molecule has 1 N–H and O–H groups in total. The zero-order valence-electron chi connectivity index (χ0n) is 13.6. The maximum atomic E-state index is 13.2. The van der Waals surface area contributed by atoms with Crippen LogP contribution in [0, 0.1) is 17.6 Å². The summed E-state index contributed by atoms with van der Waals surface area (Å²) in [6.07, 6.45) is -0.350. The van der Waals surface area contributed by atoms with E-state index in [9.17, 15) is 23.2 Å². The van der Waals surface area contributed by atoms with Crippen molar-refractivity contribution in [3.63, 3.8) is 0 Å². The van der Waals surface area contributed by atoms with Gasteiger partial charge in [0.25, 0.3) is 0 Å². The van der Waals surface area contributed by atoms with Gasteiger partial charge in [0.1, 0.15) is 6.04 Å². The predicted molar refractivity (Wildman–Crippen MR) is 79.8 cm³/mol. The molecule has 0 aliphatic carbocycles. The first-order valence-corrected chi connectivity index (χ1v) is 7.16. The van der Waals surface area contributed by atoms with E-state index in [1.165, 1.54) is 13.2 Å². The monoisotopic (exact) mass is 343 g/mol. The molecule has 0 aliphatic rings. The Morgan fingerprint density at radius 2 is 1.79 bits per heavy atom. The lowest BCUT2D eigenvalue weighted by molar-refractivity contribution is -0.148. The van der Waals surface area contributed by atoms with Crippen LogP contribution in [0.25, 0.3) is 0 Å². The third-order valence-electron chi connectivity index (χ3n) is 3.41. The molecule has 1 aromatic rings.